The zero-order valence-electron chi connectivity index (χ0n) is 20.7. The first-order chi connectivity index (χ1) is 17.4. The maximum absolute atomic E-state index is 13.6. The molecule has 3 aromatic rings. The van der Waals surface area contributed by atoms with Crippen molar-refractivity contribution in [1.82, 2.24) is 15.8 Å². The number of hydrogen-bond donors (Lipinski definition) is 3. The molecule has 0 radical (unpaired) electrons. The molecule has 1 fully saturated rings. The number of nitrogens with zero attached hydrogens (tertiary/aromatic N) is 1. The lowest BCUT2D eigenvalue weighted by Crippen LogP contribution is -2.51. The van der Waals surface area contributed by atoms with E-state index < -0.39 is 11.9 Å². The number of aryl methyl sites for hydroxylation is 1. The van der Waals surface area contributed by atoms with Crippen molar-refractivity contribution in [1.29, 1.82) is 0 Å². The normalized spacial score (nSPS) is 15.8. The number of carbonyl (C=O) groups is 2. The Balaban J connectivity index is 1.40. The van der Waals surface area contributed by atoms with E-state index >= 15 is 0 Å². The highest BCUT2D eigenvalue weighted by atomic mass is 19.1. The number of furan rings is 1. The number of nitrogens with one attached hydrogen (secondary N) is 3. The molecule has 0 saturated heterocycles. The monoisotopic (exact) mass is 496 g/mol. The Hall–Kier alpha value is -3.62. The largest absolute Gasteiger partial charge is 0.451 e. The molecule has 2 heterocycles. The summed E-state index contributed by atoms with van der Waals surface area (Å²) in [7, 11) is 0. The molecule has 1 aromatic carbocycles. The van der Waals surface area contributed by atoms with E-state index in [2.05, 4.69) is 21.1 Å². The molecule has 8 nitrogen and oxygen atoms in total. The number of carbonyl (C=O) groups excluding carboxylic acids is 2. The third kappa shape index (κ3) is 6.96. The second-order valence-corrected chi connectivity index (χ2v) is 9.56. The zero-order valence-corrected chi connectivity index (χ0v) is 20.7. The fourth-order valence-electron chi connectivity index (χ4n) is 4.57. The summed E-state index contributed by atoms with van der Waals surface area (Å²) in [5.74, 6) is 0.264. The molecule has 2 aromatic heterocycles. The molecule has 1 saturated carbocycles. The van der Waals surface area contributed by atoms with E-state index in [4.69, 9.17) is 8.94 Å². The van der Waals surface area contributed by atoms with Crippen molar-refractivity contribution in [3.05, 3.63) is 59.7 Å². The first-order valence-electron chi connectivity index (χ1n) is 12.5. The van der Waals surface area contributed by atoms with Crippen LogP contribution in [0.3, 0.4) is 0 Å². The highest BCUT2D eigenvalue weighted by Gasteiger charge is 2.28. The van der Waals surface area contributed by atoms with E-state index in [0.29, 0.717) is 36.1 Å². The van der Waals surface area contributed by atoms with Crippen LogP contribution in [-0.4, -0.2) is 35.6 Å². The van der Waals surface area contributed by atoms with Crippen molar-refractivity contribution in [2.45, 2.75) is 64.5 Å². The van der Waals surface area contributed by atoms with Gasteiger partial charge in [0, 0.05) is 24.2 Å². The molecule has 0 bridgehead atoms. The van der Waals surface area contributed by atoms with Crippen molar-refractivity contribution in [2.75, 3.05) is 11.9 Å². The van der Waals surface area contributed by atoms with Gasteiger partial charge in [-0.3, -0.25) is 9.59 Å². The minimum absolute atomic E-state index is 0.0751. The van der Waals surface area contributed by atoms with Gasteiger partial charge in [0.05, 0.1) is 5.69 Å². The van der Waals surface area contributed by atoms with Gasteiger partial charge in [-0.15, -0.1) is 0 Å². The minimum atomic E-state index is -0.696. The average Bonchev–Trinajstić information content (AvgIpc) is 3.52. The van der Waals surface area contributed by atoms with Crippen LogP contribution < -0.4 is 16.0 Å². The minimum Gasteiger partial charge on any atom is -0.451 e. The van der Waals surface area contributed by atoms with Gasteiger partial charge in [-0.05, 0) is 50.5 Å². The van der Waals surface area contributed by atoms with Crippen LogP contribution >= 0.6 is 0 Å². The number of hydrogen-bond acceptors (Lipinski definition) is 6. The third-order valence-electron chi connectivity index (χ3n) is 6.45. The van der Waals surface area contributed by atoms with Crippen LogP contribution in [0.25, 0.3) is 11.3 Å². The van der Waals surface area contributed by atoms with E-state index in [-0.39, 0.29) is 23.5 Å². The lowest BCUT2D eigenvalue weighted by Gasteiger charge is -2.27. The Morgan fingerprint density at radius 3 is 2.64 bits per heavy atom. The molecule has 1 aliphatic rings. The fraction of sp³-hybridized carbons (Fsp3) is 0.444. The van der Waals surface area contributed by atoms with Crippen LogP contribution in [0.5, 0.6) is 0 Å². The molecule has 9 heteroatoms. The fourth-order valence-corrected chi connectivity index (χ4v) is 4.57. The quantitative estimate of drug-likeness (QED) is 0.362. The molecule has 2 atom stereocenters. The number of rotatable bonds is 10. The molecule has 36 heavy (non-hydrogen) atoms. The van der Waals surface area contributed by atoms with Crippen molar-refractivity contribution >= 4 is 17.7 Å². The Morgan fingerprint density at radius 1 is 1.11 bits per heavy atom. The summed E-state index contributed by atoms with van der Waals surface area (Å²) in [4.78, 5) is 26.2. The van der Waals surface area contributed by atoms with Crippen molar-refractivity contribution in [3.8, 4) is 11.3 Å². The Kier molecular flexibility index (Phi) is 8.40. The molecule has 0 unspecified atom stereocenters. The standard InChI is InChI=1S/C27H33FN4O4/c1-17-13-25(36-32-17)29-16-18(2)30-26(33)22(14-19-7-4-3-5-8-19)31-27(34)24-12-11-23(35-24)20-9-6-10-21(28)15-20/h6,9-13,15,18-19,22,29H,3-5,7-8,14,16H2,1-2H3,(H,30,33)(H,31,34)/t18-,22-/m0/s1. The lowest BCUT2D eigenvalue weighted by atomic mass is 9.84. The van der Waals surface area contributed by atoms with Crippen LogP contribution in [0.2, 0.25) is 0 Å². The van der Waals surface area contributed by atoms with Crippen molar-refractivity contribution in [2.24, 2.45) is 5.92 Å². The van der Waals surface area contributed by atoms with Crippen LogP contribution in [0.15, 0.2) is 51.4 Å². The molecule has 4 rings (SSSR count). The molecule has 3 N–H and O–H groups in total. The maximum Gasteiger partial charge on any atom is 0.287 e. The highest BCUT2D eigenvalue weighted by Crippen LogP contribution is 2.28. The number of anilines is 1. The number of amides is 2. The number of benzene rings is 1. The first kappa shape index (κ1) is 25.5. The first-order valence-corrected chi connectivity index (χ1v) is 12.5. The maximum atomic E-state index is 13.6. The predicted octanol–water partition coefficient (Wildman–Crippen LogP) is 5.07. The lowest BCUT2D eigenvalue weighted by molar-refractivity contribution is -0.124. The van der Waals surface area contributed by atoms with E-state index in [1.165, 1.54) is 24.6 Å². The number of halogens is 1. The summed E-state index contributed by atoms with van der Waals surface area (Å²) < 4.78 is 24.4. The second-order valence-electron chi connectivity index (χ2n) is 9.56. The van der Waals surface area contributed by atoms with Gasteiger partial charge in [-0.2, -0.15) is 0 Å². The Labute approximate surface area is 210 Å². The predicted molar refractivity (Wildman–Crippen MR) is 134 cm³/mol. The van der Waals surface area contributed by atoms with Gasteiger partial charge in [-0.1, -0.05) is 49.4 Å². The van der Waals surface area contributed by atoms with Gasteiger partial charge in [-0.25, -0.2) is 4.39 Å². The summed E-state index contributed by atoms with van der Waals surface area (Å²) in [5, 5.41) is 12.8. The smallest absolute Gasteiger partial charge is 0.287 e. The summed E-state index contributed by atoms with van der Waals surface area (Å²) in [6.45, 7) is 4.16. The van der Waals surface area contributed by atoms with Gasteiger partial charge in [0.15, 0.2) is 5.76 Å². The average molecular weight is 497 g/mol. The Morgan fingerprint density at radius 2 is 1.92 bits per heavy atom. The van der Waals surface area contributed by atoms with Gasteiger partial charge in [0.2, 0.25) is 11.8 Å². The van der Waals surface area contributed by atoms with E-state index in [1.807, 2.05) is 13.8 Å². The van der Waals surface area contributed by atoms with Gasteiger partial charge < -0.3 is 24.9 Å². The van der Waals surface area contributed by atoms with Crippen LogP contribution in [-0.2, 0) is 4.79 Å². The highest BCUT2D eigenvalue weighted by molar-refractivity contribution is 5.96. The van der Waals surface area contributed by atoms with Crippen molar-refractivity contribution in [3.63, 3.8) is 0 Å². The SMILES string of the molecule is Cc1cc(NC[C@H](C)NC(=O)[C@H](CC2CCCCC2)NC(=O)c2ccc(-c3cccc(F)c3)o2)on1. The molecule has 2 amide bonds. The van der Waals surface area contributed by atoms with Crippen LogP contribution in [0.1, 0.15) is 61.7 Å². The second kappa shape index (κ2) is 11.9. The molecular weight excluding hydrogens is 463 g/mol. The van der Waals surface area contributed by atoms with Crippen molar-refractivity contribution < 1.29 is 22.9 Å². The van der Waals surface area contributed by atoms with Gasteiger partial charge >= 0.3 is 0 Å². The molecule has 0 aliphatic heterocycles. The van der Waals surface area contributed by atoms with Gasteiger partial charge in [0.1, 0.15) is 17.6 Å². The summed E-state index contributed by atoms with van der Waals surface area (Å²) in [5.41, 5.74) is 1.30. The topological polar surface area (TPSA) is 109 Å². The van der Waals surface area contributed by atoms with E-state index in [9.17, 15) is 14.0 Å². The summed E-state index contributed by atoms with van der Waals surface area (Å²) in [6.07, 6.45) is 6.14. The molecular formula is C27H33FN4O4. The molecule has 0 spiro atoms. The zero-order chi connectivity index (χ0) is 25.5. The van der Waals surface area contributed by atoms with E-state index in [1.54, 1.807) is 24.3 Å². The van der Waals surface area contributed by atoms with Gasteiger partial charge in [0.25, 0.3) is 5.91 Å². The van der Waals surface area contributed by atoms with Crippen LogP contribution in [0.4, 0.5) is 10.3 Å². The molecule has 192 valence electrons. The third-order valence-corrected chi connectivity index (χ3v) is 6.45. The number of aromatic nitrogens is 1. The van der Waals surface area contributed by atoms with Crippen LogP contribution in [0, 0.1) is 18.7 Å². The van der Waals surface area contributed by atoms with E-state index in [0.717, 1.165) is 31.4 Å². The Bertz CT molecular complexity index is 1170. The summed E-state index contributed by atoms with van der Waals surface area (Å²) >= 11 is 0. The summed E-state index contributed by atoms with van der Waals surface area (Å²) in [6, 6.07) is 10.0. The molecule has 1 aliphatic carbocycles.